The Morgan fingerprint density at radius 1 is 0.600 bits per heavy atom. The summed E-state index contributed by atoms with van der Waals surface area (Å²) in [4.78, 5) is 50.5. The summed E-state index contributed by atoms with van der Waals surface area (Å²) in [6, 6.07) is 0. The molecule has 0 aliphatic rings. The Morgan fingerprint density at radius 3 is 0.700 bits per heavy atom. The van der Waals surface area contributed by atoms with Crippen LogP contribution >= 0.6 is 0 Å². The molecule has 0 radical (unpaired) electrons. The normalized spacial score (nSPS) is 3.80. The van der Waals surface area contributed by atoms with E-state index in [0.717, 1.165) is 12.9 Å². The molecule has 0 amide bonds. The van der Waals surface area contributed by atoms with Crippen LogP contribution in [0.5, 0.6) is 0 Å². The van der Waals surface area contributed by atoms with Crippen molar-refractivity contribution in [2.75, 3.05) is 0 Å². The minimum atomic E-state index is 0. The van der Waals surface area contributed by atoms with Crippen LogP contribution in [0.3, 0.4) is 0 Å². The summed E-state index contributed by atoms with van der Waals surface area (Å²) < 4.78 is 3.22. The summed E-state index contributed by atoms with van der Waals surface area (Å²) in [7, 11) is 0. The van der Waals surface area contributed by atoms with Crippen LogP contribution in [0.15, 0.2) is 0 Å². The van der Waals surface area contributed by atoms with Crippen molar-refractivity contribution in [3.05, 3.63) is 0 Å². The summed E-state index contributed by atoms with van der Waals surface area (Å²) >= 11 is 0. The molecule has 0 atom stereocenters. The predicted octanol–water partition coefficient (Wildman–Crippen LogP) is -2.80. The van der Waals surface area contributed by atoms with Crippen molar-refractivity contribution in [2.24, 2.45) is 0 Å². The second-order valence-corrected chi connectivity index (χ2v) is 0.634. The number of carbonyl (C=O) groups excluding carboxylic acids is 2. The van der Waals surface area contributed by atoms with Gasteiger partial charge in [0.15, 0.2) is 0 Å². The van der Waals surface area contributed by atoms with E-state index in [0.29, 0.717) is 25.9 Å². The van der Waals surface area contributed by atoms with Gasteiger partial charge in [-0.1, -0.05) is 25.9 Å². The molecule has 0 aliphatic heterocycles. The molecular weight excluding hydrogens is 563 g/mol. The molecular formula is C6H4BaCdO11Zn. The van der Waals surface area contributed by atoms with Crippen molar-refractivity contribution in [2.45, 2.75) is 0 Å². The topological polar surface area (TPSA) is 193 Å². The minimum Gasteiger partial charge on any atom is -0.783 e. The monoisotopic (exact) mass is 568 g/mol. The van der Waals surface area contributed by atoms with Crippen LogP contribution < -0.4 is 0 Å². The van der Waals surface area contributed by atoms with Gasteiger partial charge in [-0.15, -0.1) is 12.9 Å². The maximum absolute atomic E-state index is 8.80. The molecule has 0 spiro atoms. The van der Waals surface area contributed by atoms with E-state index in [1.165, 1.54) is 0 Å². The van der Waals surface area contributed by atoms with Gasteiger partial charge in [-0.3, -0.25) is 0 Å². The fourth-order valence-corrected chi connectivity index (χ4v) is 0.0170. The zero-order valence-corrected chi connectivity index (χ0v) is 21.2. The van der Waals surface area contributed by atoms with Gasteiger partial charge in [0.05, 0.1) is 0 Å². The first kappa shape index (κ1) is 50.1. The van der Waals surface area contributed by atoms with Crippen LogP contribution in [0.25, 0.3) is 0 Å². The summed E-state index contributed by atoms with van der Waals surface area (Å²) in [5.41, 5.74) is 0. The van der Waals surface area contributed by atoms with Crippen LogP contribution in [0.1, 0.15) is 0 Å². The van der Waals surface area contributed by atoms with Crippen molar-refractivity contribution in [3.8, 4) is 0 Å². The molecule has 0 bridgehead atoms. The first-order chi connectivity index (χ1) is 8.07. The Labute approximate surface area is 186 Å². The minimum absolute atomic E-state index is 0. The molecule has 0 unspecified atom stereocenters. The van der Waals surface area contributed by atoms with Crippen molar-refractivity contribution in [1.82, 2.24) is 0 Å². The fourth-order valence-electron chi connectivity index (χ4n) is 0.0170. The van der Waals surface area contributed by atoms with Gasteiger partial charge < -0.3 is 53.9 Å². The zero-order valence-electron chi connectivity index (χ0n) is 9.77. The largest absolute Gasteiger partial charge is 2.00 e. The van der Waals surface area contributed by atoms with Gasteiger partial charge in [0.1, 0.15) is 0 Å². The number of hydrogen-bond acceptors (Lipinski definition) is 7. The van der Waals surface area contributed by atoms with E-state index in [4.69, 9.17) is 49.2 Å². The average Bonchev–Trinajstić information content (AvgIpc) is 2.23. The van der Waals surface area contributed by atoms with Gasteiger partial charge in [-0.25, -0.2) is 0 Å². The number of aliphatic hydroxyl groups excluding tert-OH is 4. The van der Waals surface area contributed by atoms with Gasteiger partial charge >= 0.3 is 95.7 Å². The molecule has 0 aromatic carbocycles. The summed E-state index contributed by atoms with van der Waals surface area (Å²) in [6.45, 7) is 3.69. The van der Waals surface area contributed by atoms with Crippen LogP contribution in [0.2, 0.25) is 0 Å². The fraction of sp³-hybridized carbons (Fsp3) is 0. The third-order valence-electron chi connectivity index (χ3n) is 0.0833. The average molecular weight is 567 g/mol. The van der Waals surface area contributed by atoms with Crippen molar-refractivity contribution in [1.29, 1.82) is 0 Å². The third-order valence-corrected chi connectivity index (χ3v) is 0.0833. The van der Waals surface area contributed by atoms with Crippen molar-refractivity contribution in [3.63, 3.8) is 0 Å². The molecule has 11 nitrogen and oxygen atoms in total. The van der Waals surface area contributed by atoms with E-state index < -0.39 is 0 Å². The number of hydrogen-bond donors (Lipinski definition) is 4. The smallest absolute Gasteiger partial charge is 0.783 e. The maximum atomic E-state index is 8.80. The van der Waals surface area contributed by atoms with Gasteiger partial charge in [0, 0.05) is 0 Å². The number of rotatable bonds is 2. The molecule has 0 aromatic rings. The molecule has 0 fully saturated rings. The molecule has 0 rings (SSSR count). The Morgan fingerprint density at radius 2 is 0.700 bits per heavy atom. The quantitative estimate of drug-likeness (QED) is 0.153. The molecule has 14 heteroatoms. The Bertz CT molecular complexity index is 152. The van der Waals surface area contributed by atoms with E-state index in [2.05, 4.69) is 4.74 Å². The van der Waals surface area contributed by atoms with E-state index in [1.807, 2.05) is 0 Å². The van der Waals surface area contributed by atoms with E-state index in [-0.39, 0.29) is 95.7 Å². The van der Waals surface area contributed by atoms with Crippen LogP contribution in [0.4, 0.5) is 0 Å². The molecule has 0 aliphatic carbocycles. The summed E-state index contributed by atoms with van der Waals surface area (Å²) in [6.07, 6.45) is 0. The van der Waals surface area contributed by atoms with Gasteiger partial charge in [0.25, 0.3) is 0 Å². The second-order valence-electron chi connectivity index (χ2n) is 0.634. The van der Waals surface area contributed by atoms with E-state index in [9.17, 15) is 0 Å². The van der Waals surface area contributed by atoms with Gasteiger partial charge in [-0.05, 0) is 0 Å². The number of ether oxygens (including phenoxy) is 1. The zero-order chi connectivity index (χ0) is 14.9. The van der Waals surface area contributed by atoms with Gasteiger partial charge in [-0.2, -0.15) is 0 Å². The van der Waals surface area contributed by atoms with E-state index in [1.54, 1.807) is 0 Å². The van der Waals surface area contributed by atoms with Gasteiger partial charge in [0.2, 0.25) is 0 Å². The molecule has 4 N–H and O–H groups in total. The molecule has 0 heterocycles. The molecule has 0 saturated carbocycles. The standard InChI is InChI=1S/C2O3.4CHO2.Ba.Cd.Zn/c3-1-5-2-4;4*2-1-3;;;/h;4*(H,2,3);;;/q-2;4*-1;3*+2. The first-order valence-electron chi connectivity index (χ1n) is 2.53. The second kappa shape index (κ2) is 124. The predicted molar refractivity (Wildman–Crippen MR) is 51.5 cm³/mol. The van der Waals surface area contributed by atoms with Crippen LogP contribution in [-0.4, -0.2) is 108 Å². The molecule has 0 aromatic heterocycles. The Hall–Kier alpha value is 0.137. The van der Waals surface area contributed by atoms with Crippen molar-refractivity contribution < 1.29 is 101 Å². The summed E-state index contributed by atoms with van der Waals surface area (Å²) in [5.74, 6) is 0. The summed E-state index contributed by atoms with van der Waals surface area (Å²) in [5, 5.41) is 27.1. The molecule has 20 heavy (non-hydrogen) atoms. The Balaban J connectivity index is -0.0000000147. The van der Waals surface area contributed by atoms with Crippen LogP contribution in [-0.2, 0) is 80.3 Å². The molecule has 100 valence electrons. The Kier molecular flexibility index (Phi) is 309. The third kappa shape index (κ3) is 1170. The van der Waals surface area contributed by atoms with Crippen molar-refractivity contribution >= 4 is 87.7 Å². The first-order valence-corrected chi connectivity index (χ1v) is 2.53. The van der Waals surface area contributed by atoms with Crippen LogP contribution in [0, 0.1) is 0 Å². The van der Waals surface area contributed by atoms with E-state index >= 15 is 0 Å². The SMILES string of the molecule is O=[C-]O.O=[C-]O.O=[C-]O.O=[C-]O.O=[C-]O[C-]=O.[Ba+2].[Cd+2].[Zn+2]. The molecule has 0 saturated heterocycles. The maximum Gasteiger partial charge on any atom is 2.00 e.